The van der Waals surface area contributed by atoms with Crippen molar-refractivity contribution in [3.05, 3.63) is 52.8 Å². The number of nitrogens with zero attached hydrogens (tertiary/aromatic N) is 4. The molecule has 1 aliphatic rings. The molecule has 6 heteroatoms. The van der Waals surface area contributed by atoms with Crippen LogP contribution in [0.25, 0.3) is 0 Å². The Morgan fingerprint density at radius 3 is 2.50 bits per heavy atom. The van der Waals surface area contributed by atoms with Crippen molar-refractivity contribution < 1.29 is 9.53 Å². The molecular weight excluding hydrogens is 328 g/mol. The van der Waals surface area contributed by atoms with Gasteiger partial charge in [0, 0.05) is 38.9 Å². The molecule has 1 aromatic heterocycles. The van der Waals surface area contributed by atoms with Crippen molar-refractivity contribution in [1.82, 2.24) is 14.4 Å². The highest BCUT2D eigenvalue weighted by Gasteiger charge is 2.25. The fourth-order valence-corrected chi connectivity index (χ4v) is 3.28. The molecule has 26 heavy (non-hydrogen) atoms. The lowest BCUT2D eigenvalue weighted by Gasteiger charge is -2.34. The molecule has 0 spiro atoms. The maximum absolute atomic E-state index is 12.5. The molecule has 0 N–H and O–H groups in total. The normalized spacial score (nSPS) is 15.2. The summed E-state index contributed by atoms with van der Waals surface area (Å²) in [5.41, 5.74) is 3.95. The number of carbonyl (C=O) groups is 1. The van der Waals surface area contributed by atoms with E-state index >= 15 is 0 Å². The number of nitriles is 1. The summed E-state index contributed by atoms with van der Waals surface area (Å²) in [6.07, 6.45) is 0. The minimum absolute atomic E-state index is 0.140. The van der Waals surface area contributed by atoms with Crippen LogP contribution >= 0.6 is 0 Å². The molecule has 2 heterocycles. The monoisotopic (exact) mass is 352 g/mol. The van der Waals surface area contributed by atoms with Gasteiger partial charge in [0.25, 0.3) is 0 Å². The van der Waals surface area contributed by atoms with E-state index in [4.69, 9.17) is 10.00 Å². The van der Waals surface area contributed by atoms with Crippen molar-refractivity contribution >= 4 is 5.91 Å². The summed E-state index contributed by atoms with van der Waals surface area (Å²) in [5, 5.41) is 9.16. The second-order valence-electron chi connectivity index (χ2n) is 6.69. The SMILES string of the molecule is COc1ccc(CN2CCN(Cc3cc(C#N)n(C)c3C)CC2=O)cc1. The third-order valence-electron chi connectivity index (χ3n) is 5.08. The summed E-state index contributed by atoms with van der Waals surface area (Å²) in [6, 6.07) is 12.0. The Kier molecular flexibility index (Phi) is 5.29. The molecule has 1 aromatic carbocycles. The van der Waals surface area contributed by atoms with Crippen LogP contribution in [0.4, 0.5) is 0 Å². The van der Waals surface area contributed by atoms with Crippen LogP contribution in [0.5, 0.6) is 5.75 Å². The Hall–Kier alpha value is -2.78. The van der Waals surface area contributed by atoms with Gasteiger partial charge in [-0.2, -0.15) is 5.26 Å². The lowest BCUT2D eigenvalue weighted by atomic mass is 10.1. The molecule has 0 atom stereocenters. The number of carbonyl (C=O) groups excluding carboxylic acids is 1. The average molecular weight is 352 g/mol. The van der Waals surface area contributed by atoms with E-state index in [1.165, 1.54) is 0 Å². The minimum Gasteiger partial charge on any atom is -0.497 e. The van der Waals surface area contributed by atoms with Crippen molar-refractivity contribution in [2.75, 3.05) is 26.7 Å². The highest BCUT2D eigenvalue weighted by Crippen LogP contribution is 2.18. The number of piperazine rings is 1. The summed E-state index contributed by atoms with van der Waals surface area (Å²) < 4.78 is 7.07. The number of hydrogen-bond donors (Lipinski definition) is 0. The van der Waals surface area contributed by atoms with E-state index in [-0.39, 0.29) is 5.91 Å². The van der Waals surface area contributed by atoms with E-state index in [1.54, 1.807) is 7.11 Å². The Morgan fingerprint density at radius 2 is 1.92 bits per heavy atom. The third-order valence-corrected chi connectivity index (χ3v) is 5.08. The van der Waals surface area contributed by atoms with Gasteiger partial charge in [-0.05, 0) is 36.2 Å². The van der Waals surface area contributed by atoms with Crippen molar-refractivity contribution in [3.63, 3.8) is 0 Å². The van der Waals surface area contributed by atoms with Gasteiger partial charge in [-0.25, -0.2) is 0 Å². The van der Waals surface area contributed by atoms with Crippen LogP contribution in [0.3, 0.4) is 0 Å². The first-order valence-electron chi connectivity index (χ1n) is 8.70. The van der Waals surface area contributed by atoms with E-state index in [0.717, 1.165) is 29.1 Å². The second kappa shape index (κ2) is 7.63. The van der Waals surface area contributed by atoms with Gasteiger partial charge in [0.1, 0.15) is 17.5 Å². The van der Waals surface area contributed by atoms with Gasteiger partial charge < -0.3 is 14.2 Å². The van der Waals surface area contributed by atoms with Crippen LogP contribution in [-0.4, -0.2) is 47.0 Å². The Bertz CT molecular complexity index is 833. The molecule has 0 bridgehead atoms. The van der Waals surface area contributed by atoms with Crippen LogP contribution in [0, 0.1) is 18.3 Å². The molecule has 0 aliphatic carbocycles. The molecule has 6 nitrogen and oxygen atoms in total. The molecular formula is C20H24N4O2. The molecule has 2 aromatic rings. The maximum Gasteiger partial charge on any atom is 0.237 e. The van der Waals surface area contributed by atoms with Crippen molar-refractivity contribution in [1.29, 1.82) is 5.26 Å². The molecule has 136 valence electrons. The van der Waals surface area contributed by atoms with Gasteiger partial charge in [0.15, 0.2) is 0 Å². The Balaban J connectivity index is 1.60. The summed E-state index contributed by atoms with van der Waals surface area (Å²) in [4.78, 5) is 16.6. The molecule has 1 amide bonds. The third kappa shape index (κ3) is 3.73. The molecule has 0 unspecified atom stereocenters. The summed E-state index contributed by atoms with van der Waals surface area (Å²) >= 11 is 0. The summed E-state index contributed by atoms with van der Waals surface area (Å²) in [7, 11) is 3.54. The van der Waals surface area contributed by atoms with Crippen molar-refractivity contribution in [2.45, 2.75) is 20.0 Å². The van der Waals surface area contributed by atoms with Crippen LogP contribution in [-0.2, 0) is 24.9 Å². The molecule has 3 rings (SSSR count). The standard InChI is InChI=1S/C20H24N4O2/c1-15-17(10-18(11-21)22(15)2)13-23-8-9-24(20(25)14-23)12-16-4-6-19(26-3)7-5-16/h4-7,10H,8-9,12-14H2,1-3H3. The quantitative estimate of drug-likeness (QED) is 0.826. The predicted octanol–water partition coefficient (Wildman–Crippen LogP) is 2.06. The lowest BCUT2D eigenvalue weighted by molar-refractivity contribution is -0.136. The number of aromatic nitrogens is 1. The number of rotatable bonds is 5. The number of ether oxygens (including phenoxy) is 1. The average Bonchev–Trinajstić information content (AvgIpc) is 2.92. The smallest absolute Gasteiger partial charge is 0.237 e. The van der Waals surface area contributed by atoms with E-state index in [1.807, 2.05) is 53.8 Å². The van der Waals surface area contributed by atoms with E-state index in [2.05, 4.69) is 11.0 Å². The minimum atomic E-state index is 0.140. The Labute approximate surface area is 154 Å². The summed E-state index contributed by atoms with van der Waals surface area (Å²) in [5.74, 6) is 0.959. The van der Waals surface area contributed by atoms with Gasteiger partial charge >= 0.3 is 0 Å². The fourth-order valence-electron chi connectivity index (χ4n) is 3.28. The molecule has 1 aliphatic heterocycles. The second-order valence-corrected chi connectivity index (χ2v) is 6.69. The number of methoxy groups -OCH3 is 1. The van der Waals surface area contributed by atoms with Gasteiger partial charge in [-0.3, -0.25) is 9.69 Å². The summed E-state index contributed by atoms with van der Waals surface area (Å²) in [6.45, 7) is 5.29. The molecule has 1 saturated heterocycles. The van der Waals surface area contributed by atoms with Crippen LogP contribution in [0.2, 0.25) is 0 Å². The van der Waals surface area contributed by atoms with E-state index in [9.17, 15) is 4.79 Å². The number of benzene rings is 1. The predicted molar refractivity (Wildman–Crippen MR) is 98.6 cm³/mol. The highest BCUT2D eigenvalue weighted by atomic mass is 16.5. The van der Waals surface area contributed by atoms with Gasteiger partial charge in [0.2, 0.25) is 5.91 Å². The fraction of sp³-hybridized carbons (Fsp3) is 0.400. The van der Waals surface area contributed by atoms with Crippen LogP contribution < -0.4 is 4.74 Å². The molecule has 1 fully saturated rings. The van der Waals surface area contributed by atoms with Crippen molar-refractivity contribution in [2.24, 2.45) is 7.05 Å². The number of hydrogen-bond acceptors (Lipinski definition) is 4. The first kappa shape index (κ1) is 18.0. The maximum atomic E-state index is 12.5. The van der Waals surface area contributed by atoms with Gasteiger partial charge in [-0.1, -0.05) is 12.1 Å². The first-order valence-corrected chi connectivity index (χ1v) is 8.70. The zero-order chi connectivity index (χ0) is 18.7. The molecule has 0 saturated carbocycles. The van der Waals surface area contributed by atoms with Crippen molar-refractivity contribution in [3.8, 4) is 11.8 Å². The van der Waals surface area contributed by atoms with Crippen LogP contribution in [0.15, 0.2) is 30.3 Å². The Morgan fingerprint density at radius 1 is 1.19 bits per heavy atom. The zero-order valence-corrected chi connectivity index (χ0v) is 15.5. The highest BCUT2D eigenvalue weighted by molar-refractivity contribution is 5.79. The van der Waals surface area contributed by atoms with Gasteiger partial charge in [0.05, 0.1) is 13.7 Å². The largest absolute Gasteiger partial charge is 0.497 e. The van der Waals surface area contributed by atoms with Crippen LogP contribution in [0.1, 0.15) is 22.5 Å². The lowest BCUT2D eigenvalue weighted by Crippen LogP contribution is -2.49. The van der Waals surface area contributed by atoms with Gasteiger partial charge in [-0.15, -0.1) is 0 Å². The van der Waals surface area contributed by atoms with E-state index in [0.29, 0.717) is 31.9 Å². The molecule has 0 radical (unpaired) electrons. The number of amides is 1. The zero-order valence-electron chi connectivity index (χ0n) is 15.5. The topological polar surface area (TPSA) is 61.5 Å². The van der Waals surface area contributed by atoms with E-state index < -0.39 is 0 Å². The first-order chi connectivity index (χ1) is 12.5.